The smallest absolute Gasteiger partial charge is 0.0541 e. The van der Waals surface area contributed by atoms with Gasteiger partial charge in [-0.3, -0.25) is 0 Å². The van der Waals surface area contributed by atoms with Crippen molar-refractivity contribution in [3.05, 3.63) is 348 Å². The maximum atomic E-state index is 2.47. The Hall–Kier alpha value is -12.4. The summed E-state index contributed by atoms with van der Waals surface area (Å²) in [6.45, 7) is 55.5. The molecular weight excluding hydrogens is 1560 g/mol. The van der Waals surface area contributed by atoms with Crippen molar-refractivity contribution in [1.29, 1.82) is 0 Å². The van der Waals surface area contributed by atoms with Gasteiger partial charge in [-0.2, -0.15) is 0 Å². The molecule has 0 fully saturated rings. The van der Waals surface area contributed by atoms with Crippen LogP contribution in [0.1, 0.15) is 211 Å². The molecule has 19 rings (SSSR count). The van der Waals surface area contributed by atoms with Crippen molar-refractivity contribution in [3.63, 3.8) is 0 Å². The van der Waals surface area contributed by atoms with Gasteiger partial charge in [0, 0.05) is 110 Å². The lowest BCUT2D eigenvalue weighted by Gasteiger charge is -2.26. The summed E-state index contributed by atoms with van der Waals surface area (Å²) in [7, 11) is 0. The average molecular weight is 1680 g/mol. The minimum absolute atomic E-state index is 0.000800. The van der Waals surface area contributed by atoms with Gasteiger partial charge in [0.05, 0.1) is 44.1 Å². The zero-order chi connectivity index (χ0) is 89.5. The van der Waals surface area contributed by atoms with Crippen molar-refractivity contribution in [1.82, 2.24) is 18.3 Å². The van der Waals surface area contributed by atoms with Crippen LogP contribution >= 0.6 is 11.3 Å². The lowest BCUT2D eigenvalue weighted by atomic mass is 9.85. The molecule has 0 aliphatic rings. The van der Waals surface area contributed by atoms with Crippen LogP contribution in [0.25, 0.3) is 131 Å². The molecule has 0 bridgehead atoms. The highest BCUT2D eigenvalue weighted by molar-refractivity contribution is 7.18. The molecule has 638 valence electrons. The summed E-state index contributed by atoms with van der Waals surface area (Å²) in [6.07, 6.45) is 0. The maximum Gasteiger partial charge on any atom is 0.0541 e. The molecule has 127 heavy (non-hydrogen) atoms. The number of aromatic nitrogens is 4. The van der Waals surface area contributed by atoms with E-state index in [0.717, 1.165) is 56.9 Å². The van der Waals surface area contributed by atoms with Gasteiger partial charge in [0.1, 0.15) is 0 Å². The molecule has 6 nitrogen and oxygen atoms in total. The number of nitrogens with zero attached hydrogens (tertiary/aromatic N) is 6. The second-order valence-corrected chi connectivity index (χ2v) is 45.3. The summed E-state index contributed by atoms with van der Waals surface area (Å²) in [4.78, 5) is 7.26. The largest absolute Gasteiger partial charge is 0.311 e. The van der Waals surface area contributed by atoms with Gasteiger partial charge in [-0.05, 0) is 329 Å². The van der Waals surface area contributed by atoms with Gasteiger partial charge in [-0.15, -0.1) is 11.3 Å². The first-order chi connectivity index (χ1) is 60.0. The number of hydrogen-bond acceptors (Lipinski definition) is 3. The van der Waals surface area contributed by atoms with E-state index in [1.165, 1.54) is 153 Å². The van der Waals surface area contributed by atoms with Crippen molar-refractivity contribution >= 4 is 133 Å². The second kappa shape index (κ2) is 30.1. The standard InChI is InChI=1S/C120H122N6S/c1-113(2,3)77-29-57-103-95(67-77)96-68-78(114(4,5)6)30-58-104(96)123(103)91-49-41-87(42-50-91)121(88-43-51-92(52-44-88)124-105-59-31-79(115(7,8)9)69-97(105)98-70-80(116(10,11)12)32-60-106(98)124)85-37-25-75(26-38-85)111-65-66-112(127-111)76-27-39-86(40-28-76)122(89-45-53-93(54-46-89)125-107-61-33-81(117(13,14)15)71-99(107)100-72-82(118(16,17)18)34-62-108(100)125)90-47-55-94(56-48-90)126-109-63-35-83(119(19,20)21)73-101(109)102-74-84(120(22,23)24)36-64-110(102)126/h25-74H,1-24H3. The Morgan fingerprint density at radius 3 is 0.449 bits per heavy atom. The third kappa shape index (κ3) is 15.2. The van der Waals surface area contributed by atoms with E-state index in [9.17, 15) is 0 Å². The zero-order valence-electron chi connectivity index (χ0n) is 79.0. The van der Waals surface area contributed by atoms with Crippen LogP contribution in [0.5, 0.6) is 0 Å². The topological polar surface area (TPSA) is 26.2 Å². The van der Waals surface area contributed by atoms with E-state index in [2.05, 4.69) is 498 Å². The molecule has 0 atom stereocenters. The predicted octanol–water partition coefficient (Wildman–Crippen LogP) is 34.8. The lowest BCUT2D eigenvalue weighted by Crippen LogP contribution is -2.11. The molecular formula is C120H122N6S. The molecule has 0 saturated carbocycles. The molecule has 0 amide bonds. The monoisotopic (exact) mass is 1680 g/mol. The summed E-state index contributed by atoms with van der Waals surface area (Å²) < 4.78 is 9.86. The minimum Gasteiger partial charge on any atom is -0.311 e. The van der Waals surface area contributed by atoms with E-state index in [0.29, 0.717) is 0 Å². The molecule has 5 aromatic heterocycles. The Balaban J connectivity index is 0.683. The van der Waals surface area contributed by atoms with E-state index in [1.807, 2.05) is 11.3 Å². The van der Waals surface area contributed by atoms with E-state index >= 15 is 0 Å². The number of fused-ring (bicyclic) bond motifs is 12. The Kier molecular flexibility index (Phi) is 20.0. The van der Waals surface area contributed by atoms with E-state index in [4.69, 9.17) is 0 Å². The summed E-state index contributed by atoms with van der Waals surface area (Å²) >= 11 is 1.84. The van der Waals surface area contributed by atoms with Crippen LogP contribution in [0.15, 0.2) is 303 Å². The highest BCUT2D eigenvalue weighted by Crippen LogP contribution is 2.48. The molecule has 0 aliphatic carbocycles. The molecule has 0 N–H and O–H groups in total. The quantitative estimate of drug-likeness (QED) is 0.122. The van der Waals surface area contributed by atoms with Crippen LogP contribution in [-0.4, -0.2) is 18.3 Å². The number of hydrogen-bond donors (Lipinski definition) is 0. The molecule has 19 aromatic rings. The van der Waals surface area contributed by atoms with Gasteiger partial charge in [0.25, 0.3) is 0 Å². The van der Waals surface area contributed by atoms with Crippen LogP contribution in [0, 0.1) is 0 Å². The Bertz CT molecular complexity index is 6380. The van der Waals surface area contributed by atoms with Crippen molar-refractivity contribution in [3.8, 4) is 43.6 Å². The first kappa shape index (κ1) is 84.1. The van der Waals surface area contributed by atoms with Gasteiger partial charge in [-0.25, -0.2) is 0 Å². The van der Waals surface area contributed by atoms with Crippen molar-refractivity contribution < 1.29 is 0 Å². The van der Waals surface area contributed by atoms with E-state index in [1.54, 1.807) is 0 Å². The van der Waals surface area contributed by atoms with Crippen molar-refractivity contribution in [2.24, 2.45) is 0 Å². The van der Waals surface area contributed by atoms with Gasteiger partial charge in [0.15, 0.2) is 0 Å². The van der Waals surface area contributed by atoms with Crippen LogP contribution in [0.4, 0.5) is 34.1 Å². The number of benzene rings is 14. The molecule has 14 aromatic carbocycles. The molecule has 0 unspecified atom stereocenters. The highest BCUT2D eigenvalue weighted by Gasteiger charge is 2.30. The molecule has 0 aliphatic heterocycles. The fourth-order valence-corrected chi connectivity index (χ4v) is 20.1. The minimum atomic E-state index is 0.000800. The normalized spacial score (nSPS) is 13.0. The fraction of sp³-hybridized carbons (Fsp3) is 0.267. The maximum absolute atomic E-state index is 2.47. The third-order valence-corrected chi connectivity index (χ3v) is 28.1. The molecule has 0 spiro atoms. The summed E-state index contributed by atoms with van der Waals surface area (Å²) in [5, 5.41) is 10.2. The van der Waals surface area contributed by atoms with Crippen LogP contribution in [-0.2, 0) is 43.3 Å². The van der Waals surface area contributed by atoms with Gasteiger partial charge >= 0.3 is 0 Å². The van der Waals surface area contributed by atoms with E-state index < -0.39 is 0 Å². The first-order valence-electron chi connectivity index (χ1n) is 45.7. The molecule has 0 saturated heterocycles. The van der Waals surface area contributed by atoms with Crippen molar-refractivity contribution in [2.45, 2.75) is 209 Å². The number of anilines is 6. The van der Waals surface area contributed by atoms with Crippen molar-refractivity contribution in [2.75, 3.05) is 9.80 Å². The van der Waals surface area contributed by atoms with Gasteiger partial charge in [0.2, 0.25) is 0 Å². The number of rotatable bonds is 12. The van der Waals surface area contributed by atoms with Crippen LogP contribution in [0.2, 0.25) is 0 Å². The second-order valence-electron chi connectivity index (χ2n) is 44.2. The van der Waals surface area contributed by atoms with E-state index in [-0.39, 0.29) is 43.3 Å². The summed E-state index contributed by atoms with van der Waals surface area (Å²) in [6, 6.07) is 117. The third-order valence-electron chi connectivity index (χ3n) is 26.9. The first-order valence-corrected chi connectivity index (χ1v) is 46.5. The summed E-state index contributed by atoms with van der Waals surface area (Å²) in [5.74, 6) is 0. The van der Waals surface area contributed by atoms with Crippen LogP contribution in [0.3, 0.4) is 0 Å². The average Bonchev–Trinajstić information content (AvgIpc) is 1.60. The molecule has 5 heterocycles. The molecule has 7 heteroatoms. The predicted molar refractivity (Wildman–Crippen MR) is 552 cm³/mol. The van der Waals surface area contributed by atoms with Gasteiger partial charge in [-0.1, -0.05) is 239 Å². The SMILES string of the molecule is CC(C)(C)c1ccc2c(c1)c1cc(C(C)(C)C)ccc1n2-c1ccc(N(c2ccc(-c3ccc(-c4ccc(N(c5ccc(-n6c7ccc(C(C)(C)C)cc7c7cc(C(C)(C)C)ccc76)cc5)c5ccc(-n6c7ccc(C(C)(C)C)cc7c7cc(C(C)(C)C)ccc76)cc5)cc4)s3)cc2)c2ccc(-n3c4ccc(C(C)(C)C)cc4c4cc(C(C)(C)C)ccc43)cc2)cc1. The Labute approximate surface area is 756 Å². The van der Waals surface area contributed by atoms with Gasteiger partial charge < -0.3 is 28.1 Å². The Morgan fingerprint density at radius 1 is 0.165 bits per heavy atom. The lowest BCUT2D eigenvalue weighted by molar-refractivity contribution is 0.590. The highest BCUT2D eigenvalue weighted by atomic mass is 32.1. The fourth-order valence-electron chi connectivity index (χ4n) is 19.0. The molecule has 0 radical (unpaired) electrons. The number of thiophene rings is 1. The Morgan fingerprint density at radius 2 is 0.307 bits per heavy atom. The zero-order valence-corrected chi connectivity index (χ0v) is 79.8. The van der Waals surface area contributed by atoms with Crippen LogP contribution < -0.4 is 9.80 Å². The summed E-state index contributed by atoms with van der Waals surface area (Å²) in [5.41, 5.74) is 33.5.